The first-order valence-electron chi connectivity index (χ1n) is 5.76. The summed E-state index contributed by atoms with van der Waals surface area (Å²) >= 11 is 0. The third-order valence-corrected chi connectivity index (χ3v) is 3.09. The molecule has 0 aromatic carbocycles. The summed E-state index contributed by atoms with van der Waals surface area (Å²) in [6.45, 7) is 1.17. The maximum absolute atomic E-state index is 11.5. The Hall–Kier alpha value is -0.610. The van der Waals surface area contributed by atoms with Gasteiger partial charge >= 0.3 is 0 Å². The molecule has 88 valence electrons. The SMILES string of the molecule is COCCC(=O)NC1CCCCC1CN. The largest absolute Gasteiger partial charge is 0.384 e. The molecule has 0 bridgehead atoms. The van der Waals surface area contributed by atoms with E-state index in [-0.39, 0.29) is 11.9 Å². The second kappa shape index (κ2) is 6.80. The van der Waals surface area contributed by atoms with E-state index >= 15 is 0 Å². The Balaban J connectivity index is 2.30. The zero-order chi connectivity index (χ0) is 11.1. The molecule has 1 aliphatic rings. The van der Waals surface area contributed by atoms with Gasteiger partial charge in [-0.05, 0) is 25.3 Å². The predicted octanol–water partition coefficient (Wildman–Crippen LogP) is 0.657. The first kappa shape index (κ1) is 12.5. The summed E-state index contributed by atoms with van der Waals surface area (Å²) in [4.78, 5) is 11.5. The summed E-state index contributed by atoms with van der Waals surface area (Å²) in [5, 5.41) is 3.06. The molecular formula is C11H22N2O2. The first-order valence-corrected chi connectivity index (χ1v) is 5.76. The van der Waals surface area contributed by atoms with E-state index in [0.29, 0.717) is 25.5 Å². The van der Waals surface area contributed by atoms with Gasteiger partial charge < -0.3 is 15.8 Å². The second-order valence-electron chi connectivity index (χ2n) is 4.20. The first-order chi connectivity index (χ1) is 7.27. The zero-order valence-corrected chi connectivity index (χ0v) is 9.50. The van der Waals surface area contributed by atoms with Gasteiger partial charge in [-0.2, -0.15) is 0 Å². The van der Waals surface area contributed by atoms with Gasteiger partial charge in [-0.25, -0.2) is 0 Å². The van der Waals surface area contributed by atoms with Crippen molar-refractivity contribution in [3.8, 4) is 0 Å². The molecule has 1 saturated carbocycles. The molecule has 0 saturated heterocycles. The molecule has 1 fully saturated rings. The van der Waals surface area contributed by atoms with E-state index in [1.54, 1.807) is 7.11 Å². The number of carbonyl (C=O) groups excluding carboxylic acids is 1. The lowest BCUT2D eigenvalue weighted by atomic mass is 9.84. The van der Waals surface area contributed by atoms with Gasteiger partial charge in [0.1, 0.15) is 0 Å². The van der Waals surface area contributed by atoms with Crippen molar-refractivity contribution in [3.05, 3.63) is 0 Å². The highest BCUT2D eigenvalue weighted by Crippen LogP contribution is 2.23. The maximum atomic E-state index is 11.5. The van der Waals surface area contributed by atoms with Gasteiger partial charge in [-0.15, -0.1) is 0 Å². The highest BCUT2D eigenvalue weighted by Gasteiger charge is 2.24. The average molecular weight is 214 g/mol. The van der Waals surface area contributed by atoms with Crippen LogP contribution in [0, 0.1) is 5.92 Å². The molecule has 0 aromatic heterocycles. The Morgan fingerprint density at radius 2 is 2.20 bits per heavy atom. The quantitative estimate of drug-likeness (QED) is 0.706. The van der Waals surface area contributed by atoms with Gasteiger partial charge in [-0.1, -0.05) is 12.8 Å². The van der Waals surface area contributed by atoms with Crippen LogP contribution in [0.15, 0.2) is 0 Å². The van der Waals surface area contributed by atoms with Crippen LogP contribution < -0.4 is 11.1 Å². The van der Waals surface area contributed by atoms with Crippen LogP contribution in [0.3, 0.4) is 0 Å². The summed E-state index contributed by atoms with van der Waals surface area (Å²) in [6.07, 6.45) is 5.11. The van der Waals surface area contributed by atoms with Gasteiger partial charge in [0.2, 0.25) is 5.91 Å². The lowest BCUT2D eigenvalue weighted by molar-refractivity contribution is -0.123. The highest BCUT2D eigenvalue weighted by molar-refractivity contribution is 5.76. The average Bonchev–Trinajstić information content (AvgIpc) is 2.27. The molecule has 2 unspecified atom stereocenters. The topological polar surface area (TPSA) is 64.3 Å². The Morgan fingerprint density at radius 3 is 2.87 bits per heavy atom. The van der Waals surface area contributed by atoms with Crippen LogP contribution in [-0.4, -0.2) is 32.2 Å². The molecule has 0 radical (unpaired) electrons. The van der Waals surface area contributed by atoms with Crippen molar-refractivity contribution in [3.63, 3.8) is 0 Å². The van der Waals surface area contributed by atoms with E-state index < -0.39 is 0 Å². The van der Waals surface area contributed by atoms with Crippen molar-refractivity contribution in [2.75, 3.05) is 20.3 Å². The molecule has 1 aliphatic carbocycles. The predicted molar refractivity (Wildman–Crippen MR) is 59.4 cm³/mol. The third kappa shape index (κ3) is 4.18. The van der Waals surface area contributed by atoms with Crippen molar-refractivity contribution < 1.29 is 9.53 Å². The molecule has 0 heterocycles. The second-order valence-corrected chi connectivity index (χ2v) is 4.20. The summed E-state index contributed by atoms with van der Waals surface area (Å²) in [7, 11) is 1.61. The number of nitrogens with two attached hydrogens (primary N) is 1. The molecule has 3 N–H and O–H groups in total. The molecule has 4 nitrogen and oxygen atoms in total. The number of amides is 1. The standard InChI is InChI=1S/C11H22N2O2/c1-15-7-6-11(14)13-10-5-3-2-4-9(10)8-12/h9-10H,2-8,12H2,1H3,(H,13,14). The van der Waals surface area contributed by atoms with Crippen molar-refractivity contribution >= 4 is 5.91 Å². The molecule has 0 spiro atoms. The Bertz CT molecular complexity index is 197. The Kier molecular flexibility index (Phi) is 5.65. The van der Waals surface area contributed by atoms with Crippen molar-refractivity contribution in [2.45, 2.75) is 38.1 Å². The van der Waals surface area contributed by atoms with Crippen LogP contribution in [0.25, 0.3) is 0 Å². The monoisotopic (exact) mass is 214 g/mol. The minimum absolute atomic E-state index is 0.0854. The lowest BCUT2D eigenvalue weighted by Gasteiger charge is -2.31. The van der Waals surface area contributed by atoms with Gasteiger partial charge in [0.25, 0.3) is 0 Å². The Morgan fingerprint density at radius 1 is 1.47 bits per heavy atom. The van der Waals surface area contributed by atoms with E-state index in [2.05, 4.69) is 5.32 Å². The fraction of sp³-hybridized carbons (Fsp3) is 0.909. The number of hydrogen-bond acceptors (Lipinski definition) is 3. The summed E-state index contributed by atoms with van der Waals surface area (Å²) in [5.74, 6) is 0.549. The Labute approximate surface area is 91.5 Å². The lowest BCUT2D eigenvalue weighted by Crippen LogP contribution is -2.44. The van der Waals surface area contributed by atoms with Crippen LogP contribution in [0.2, 0.25) is 0 Å². The molecule has 15 heavy (non-hydrogen) atoms. The van der Waals surface area contributed by atoms with E-state index in [9.17, 15) is 4.79 Å². The molecule has 0 aliphatic heterocycles. The molecule has 1 amide bonds. The minimum Gasteiger partial charge on any atom is -0.384 e. The van der Waals surface area contributed by atoms with Crippen molar-refractivity contribution in [2.24, 2.45) is 11.7 Å². The number of carbonyl (C=O) groups is 1. The molecule has 4 heteroatoms. The molecule has 2 atom stereocenters. The third-order valence-electron chi connectivity index (χ3n) is 3.09. The number of ether oxygens (including phenoxy) is 1. The molecular weight excluding hydrogens is 192 g/mol. The van der Waals surface area contributed by atoms with Crippen molar-refractivity contribution in [1.82, 2.24) is 5.32 Å². The van der Waals surface area contributed by atoms with Gasteiger partial charge in [-0.3, -0.25) is 4.79 Å². The molecule has 0 aromatic rings. The van der Waals surface area contributed by atoms with E-state index in [1.807, 2.05) is 0 Å². The van der Waals surface area contributed by atoms with Gasteiger partial charge in [0, 0.05) is 19.6 Å². The van der Waals surface area contributed by atoms with Crippen LogP contribution in [0.4, 0.5) is 0 Å². The van der Waals surface area contributed by atoms with Gasteiger partial charge in [0.05, 0.1) is 6.61 Å². The zero-order valence-electron chi connectivity index (χ0n) is 9.50. The summed E-state index contributed by atoms with van der Waals surface area (Å²) in [6, 6.07) is 0.285. The van der Waals surface area contributed by atoms with Crippen LogP contribution in [-0.2, 0) is 9.53 Å². The fourth-order valence-corrected chi connectivity index (χ4v) is 2.15. The van der Waals surface area contributed by atoms with Crippen LogP contribution >= 0.6 is 0 Å². The van der Waals surface area contributed by atoms with Crippen LogP contribution in [0.5, 0.6) is 0 Å². The van der Waals surface area contributed by atoms with Crippen LogP contribution in [0.1, 0.15) is 32.1 Å². The summed E-state index contributed by atoms with van der Waals surface area (Å²) < 4.78 is 4.87. The van der Waals surface area contributed by atoms with Crippen molar-refractivity contribution in [1.29, 1.82) is 0 Å². The van der Waals surface area contributed by atoms with E-state index in [4.69, 9.17) is 10.5 Å². The number of hydrogen-bond donors (Lipinski definition) is 2. The minimum atomic E-state index is 0.0854. The number of methoxy groups -OCH3 is 1. The summed E-state index contributed by atoms with van der Waals surface area (Å²) in [5.41, 5.74) is 5.69. The number of rotatable bonds is 5. The molecule has 1 rings (SSSR count). The normalized spacial score (nSPS) is 26.3. The highest BCUT2D eigenvalue weighted by atomic mass is 16.5. The fourth-order valence-electron chi connectivity index (χ4n) is 2.15. The number of nitrogens with one attached hydrogen (secondary N) is 1. The van der Waals surface area contributed by atoms with E-state index in [1.165, 1.54) is 12.8 Å². The van der Waals surface area contributed by atoms with E-state index in [0.717, 1.165) is 12.8 Å². The van der Waals surface area contributed by atoms with Gasteiger partial charge in [0.15, 0.2) is 0 Å². The maximum Gasteiger partial charge on any atom is 0.222 e. The smallest absolute Gasteiger partial charge is 0.222 e.